The summed E-state index contributed by atoms with van der Waals surface area (Å²) in [6.07, 6.45) is 7.49. The molecule has 6 nitrogen and oxygen atoms in total. The van der Waals surface area contributed by atoms with E-state index < -0.39 is 0 Å². The average molecular weight is 400 g/mol. The quantitative estimate of drug-likeness (QED) is 0.767. The largest absolute Gasteiger partial charge is 0.376 e. The van der Waals surface area contributed by atoms with Crippen molar-refractivity contribution in [2.45, 2.75) is 58.0 Å². The molecule has 2 N–H and O–H groups in total. The lowest BCUT2D eigenvalue weighted by Gasteiger charge is -2.33. The van der Waals surface area contributed by atoms with Crippen LogP contribution >= 0.6 is 0 Å². The van der Waals surface area contributed by atoms with Gasteiger partial charge in [-0.25, -0.2) is 0 Å². The number of amides is 2. The molecule has 0 spiro atoms. The van der Waals surface area contributed by atoms with Gasteiger partial charge in [-0.1, -0.05) is 13.3 Å². The Kier molecular flexibility index (Phi) is 6.38. The Morgan fingerprint density at radius 3 is 2.55 bits per heavy atom. The van der Waals surface area contributed by atoms with Gasteiger partial charge >= 0.3 is 0 Å². The number of piperidine rings is 1. The Balaban J connectivity index is 1.50. The monoisotopic (exact) mass is 399 g/mol. The SMILES string of the molecule is CC1CCN(c2ccc(NC(=O)C3CCC3)cc2C(=O)NCC2CCCO2)CC1. The third kappa shape index (κ3) is 4.92. The van der Waals surface area contributed by atoms with Gasteiger partial charge in [0.25, 0.3) is 5.91 Å². The average Bonchev–Trinajstić information content (AvgIpc) is 3.19. The van der Waals surface area contributed by atoms with Gasteiger partial charge in [0.2, 0.25) is 5.91 Å². The predicted molar refractivity (Wildman–Crippen MR) is 114 cm³/mol. The molecule has 0 aromatic heterocycles. The molecule has 3 aliphatic rings. The van der Waals surface area contributed by atoms with Crippen LogP contribution in [0.15, 0.2) is 18.2 Å². The van der Waals surface area contributed by atoms with Crippen molar-refractivity contribution in [3.63, 3.8) is 0 Å². The van der Waals surface area contributed by atoms with Crippen molar-refractivity contribution < 1.29 is 14.3 Å². The number of benzene rings is 1. The highest BCUT2D eigenvalue weighted by Crippen LogP contribution is 2.31. The standard InChI is InChI=1S/C23H33N3O3/c1-16-9-11-26(12-10-16)21-8-7-18(25-22(27)17-4-2-5-17)14-20(21)23(28)24-15-19-6-3-13-29-19/h7-8,14,16-17,19H,2-6,9-13,15H2,1H3,(H,24,28)(H,25,27). The lowest BCUT2D eigenvalue weighted by molar-refractivity contribution is -0.122. The van der Waals surface area contributed by atoms with E-state index in [2.05, 4.69) is 22.5 Å². The second-order valence-electron chi connectivity index (χ2n) is 8.86. The molecule has 6 heteroatoms. The van der Waals surface area contributed by atoms with Gasteiger partial charge in [0.15, 0.2) is 0 Å². The molecule has 1 aliphatic carbocycles. The number of hydrogen-bond acceptors (Lipinski definition) is 4. The molecule has 3 fully saturated rings. The smallest absolute Gasteiger partial charge is 0.253 e. The summed E-state index contributed by atoms with van der Waals surface area (Å²) >= 11 is 0. The topological polar surface area (TPSA) is 70.7 Å². The van der Waals surface area contributed by atoms with Crippen LogP contribution in [0.25, 0.3) is 0 Å². The highest BCUT2D eigenvalue weighted by Gasteiger charge is 2.26. The van der Waals surface area contributed by atoms with Crippen molar-refractivity contribution in [2.24, 2.45) is 11.8 Å². The second-order valence-corrected chi connectivity index (χ2v) is 8.86. The first-order chi connectivity index (χ1) is 14.1. The molecule has 4 rings (SSSR count). The van der Waals surface area contributed by atoms with Crippen LogP contribution in [-0.4, -0.2) is 44.2 Å². The lowest BCUT2D eigenvalue weighted by atomic mass is 9.85. The molecule has 1 aromatic carbocycles. The highest BCUT2D eigenvalue weighted by molar-refractivity contribution is 6.02. The van der Waals surface area contributed by atoms with Crippen molar-refractivity contribution in [1.82, 2.24) is 5.32 Å². The van der Waals surface area contributed by atoms with Gasteiger partial charge < -0.3 is 20.3 Å². The van der Waals surface area contributed by atoms with E-state index in [1.54, 1.807) is 0 Å². The number of anilines is 2. The van der Waals surface area contributed by atoms with Gasteiger partial charge in [-0.05, 0) is 62.6 Å². The molecule has 1 unspecified atom stereocenters. The van der Waals surface area contributed by atoms with Crippen LogP contribution in [-0.2, 0) is 9.53 Å². The van der Waals surface area contributed by atoms with Crippen molar-refractivity contribution in [3.05, 3.63) is 23.8 Å². The minimum Gasteiger partial charge on any atom is -0.376 e. The van der Waals surface area contributed by atoms with Gasteiger partial charge in [0.05, 0.1) is 11.7 Å². The maximum absolute atomic E-state index is 13.1. The van der Waals surface area contributed by atoms with Crippen molar-refractivity contribution in [3.8, 4) is 0 Å². The maximum atomic E-state index is 13.1. The fraction of sp³-hybridized carbons (Fsp3) is 0.652. The predicted octanol–water partition coefficient (Wildman–Crippen LogP) is 3.57. The molecule has 29 heavy (non-hydrogen) atoms. The Morgan fingerprint density at radius 1 is 1.10 bits per heavy atom. The first kappa shape index (κ1) is 20.2. The molecule has 0 radical (unpaired) electrons. The van der Waals surface area contributed by atoms with Crippen LogP contribution in [0, 0.1) is 11.8 Å². The van der Waals surface area contributed by atoms with Gasteiger partial charge in [-0.2, -0.15) is 0 Å². The number of hydrogen-bond donors (Lipinski definition) is 2. The number of carbonyl (C=O) groups is 2. The molecule has 2 aliphatic heterocycles. The molecular weight excluding hydrogens is 366 g/mol. The number of nitrogens with zero attached hydrogens (tertiary/aromatic N) is 1. The van der Waals surface area contributed by atoms with E-state index in [4.69, 9.17) is 4.74 Å². The molecular formula is C23H33N3O3. The van der Waals surface area contributed by atoms with Crippen LogP contribution in [0.3, 0.4) is 0 Å². The van der Waals surface area contributed by atoms with E-state index in [0.717, 1.165) is 76.2 Å². The van der Waals surface area contributed by atoms with Gasteiger partial charge in [-0.3, -0.25) is 9.59 Å². The van der Waals surface area contributed by atoms with Crippen LogP contribution in [0.5, 0.6) is 0 Å². The summed E-state index contributed by atoms with van der Waals surface area (Å²) in [6.45, 7) is 5.52. The summed E-state index contributed by atoms with van der Waals surface area (Å²) in [5.74, 6) is 0.828. The molecule has 158 valence electrons. The van der Waals surface area contributed by atoms with Crippen molar-refractivity contribution in [2.75, 3.05) is 36.5 Å². The number of rotatable bonds is 6. The zero-order valence-corrected chi connectivity index (χ0v) is 17.4. The van der Waals surface area contributed by atoms with Gasteiger partial charge in [0.1, 0.15) is 0 Å². The molecule has 2 saturated heterocycles. The number of carbonyl (C=O) groups excluding carboxylic acids is 2. The Hall–Kier alpha value is -2.08. The summed E-state index contributed by atoms with van der Waals surface area (Å²) in [5, 5.41) is 6.06. The normalized spacial score (nSPS) is 22.9. The Bertz CT molecular complexity index is 733. The second kappa shape index (κ2) is 9.16. The fourth-order valence-corrected chi connectivity index (χ4v) is 4.34. The third-order valence-corrected chi connectivity index (χ3v) is 6.62. The zero-order chi connectivity index (χ0) is 20.2. The van der Waals surface area contributed by atoms with Crippen LogP contribution in [0.1, 0.15) is 62.2 Å². The molecule has 0 bridgehead atoms. The fourth-order valence-electron chi connectivity index (χ4n) is 4.34. The van der Waals surface area contributed by atoms with E-state index in [1.807, 2.05) is 18.2 Å². The minimum atomic E-state index is -0.0890. The van der Waals surface area contributed by atoms with Gasteiger partial charge in [-0.15, -0.1) is 0 Å². The van der Waals surface area contributed by atoms with Crippen LogP contribution in [0.2, 0.25) is 0 Å². The highest BCUT2D eigenvalue weighted by atomic mass is 16.5. The summed E-state index contributed by atoms with van der Waals surface area (Å²) in [5.41, 5.74) is 2.31. The van der Waals surface area contributed by atoms with E-state index >= 15 is 0 Å². The lowest BCUT2D eigenvalue weighted by Crippen LogP contribution is -2.36. The van der Waals surface area contributed by atoms with Crippen molar-refractivity contribution >= 4 is 23.2 Å². The molecule has 1 atom stereocenters. The summed E-state index contributed by atoms with van der Waals surface area (Å²) < 4.78 is 5.64. The first-order valence-electron chi connectivity index (χ1n) is 11.2. The number of ether oxygens (including phenoxy) is 1. The third-order valence-electron chi connectivity index (χ3n) is 6.62. The first-order valence-corrected chi connectivity index (χ1v) is 11.2. The summed E-state index contributed by atoms with van der Waals surface area (Å²) in [4.78, 5) is 27.7. The summed E-state index contributed by atoms with van der Waals surface area (Å²) in [7, 11) is 0. The van der Waals surface area contributed by atoms with E-state index in [1.165, 1.54) is 0 Å². The Morgan fingerprint density at radius 2 is 1.90 bits per heavy atom. The van der Waals surface area contributed by atoms with Crippen molar-refractivity contribution in [1.29, 1.82) is 0 Å². The van der Waals surface area contributed by atoms with Gasteiger partial charge in [0, 0.05) is 43.5 Å². The molecule has 2 heterocycles. The molecule has 2 amide bonds. The Labute approximate surface area is 173 Å². The van der Waals surface area contributed by atoms with E-state index in [0.29, 0.717) is 17.8 Å². The van der Waals surface area contributed by atoms with E-state index in [9.17, 15) is 9.59 Å². The van der Waals surface area contributed by atoms with Crippen LogP contribution < -0.4 is 15.5 Å². The minimum absolute atomic E-state index is 0.0708. The number of nitrogens with one attached hydrogen (secondary N) is 2. The molecule has 1 saturated carbocycles. The molecule has 1 aromatic rings. The maximum Gasteiger partial charge on any atom is 0.253 e. The van der Waals surface area contributed by atoms with Crippen LogP contribution in [0.4, 0.5) is 11.4 Å². The zero-order valence-electron chi connectivity index (χ0n) is 17.4. The van der Waals surface area contributed by atoms with E-state index in [-0.39, 0.29) is 23.8 Å². The summed E-state index contributed by atoms with van der Waals surface area (Å²) in [6, 6.07) is 5.77.